The number of hydrogen-bond acceptors (Lipinski definition) is 4. The van der Waals surface area contributed by atoms with E-state index in [9.17, 15) is 9.59 Å². The molecule has 0 aliphatic carbocycles. The molecule has 2 amide bonds. The Labute approximate surface area is 172 Å². The second-order valence-corrected chi connectivity index (χ2v) is 7.57. The van der Waals surface area contributed by atoms with Crippen molar-refractivity contribution in [1.29, 1.82) is 0 Å². The van der Waals surface area contributed by atoms with Gasteiger partial charge in [-0.05, 0) is 42.3 Å². The summed E-state index contributed by atoms with van der Waals surface area (Å²) in [5.41, 5.74) is 1.69. The molecule has 1 atom stereocenters. The Hall–Kier alpha value is -3.02. The van der Waals surface area contributed by atoms with Gasteiger partial charge in [0.15, 0.2) is 0 Å². The van der Waals surface area contributed by atoms with Crippen molar-refractivity contribution in [3.8, 4) is 5.75 Å². The summed E-state index contributed by atoms with van der Waals surface area (Å²) in [6, 6.07) is 16.6. The van der Waals surface area contributed by atoms with Crippen LogP contribution in [0.1, 0.15) is 24.2 Å². The van der Waals surface area contributed by atoms with Crippen LogP contribution >= 0.6 is 0 Å². The molecule has 29 heavy (non-hydrogen) atoms. The molecule has 1 fully saturated rings. The van der Waals surface area contributed by atoms with Crippen molar-refractivity contribution in [2.24, 2.45) is 5.92 Å². The first-order valence-corrected chi connectivity index (χ1v) is 10.0. The molecule has 0 aromatic heterocycles. The van der Waals surface area contributed by atoms with Crippen LogP contribution in [0.2, 0.25) is 0 Å². The quantitative estimate of drug-likeness (QED) is 0.817. The molecule has 0 spiro atoms. The van der Waals surface area contributed by atoms with Crippen LogP contribution in [0.25, 0.3) is 0 Å². The maximum atomic E-state index is 13.1. The van der Waals surface area contributed by atoms with Gasteiger partial charge in [0.05, 0.1) is 7.11 Å². The Morgan fingerprint density at radius 1 is 0.931 bits per heavy atom. The average Bonchev–Trinajstić information content (AvgIpc) is 2.77. The molecule has 0 saturated carbocycles. The predicted octanol–water partition coefficient (Wildman–Crippen LogP) is 2.80. The van der Waals surface area contributed by atoms with E-state index in [1.54, 1.807) is 31.4 Å². The van der Waals surface area contributed by atoms with E-state index in [4.69, 9.17) is 4.74 Å². The molecule has 1 saturated heterocycles. The number of nitrogens with zero attached hydrogens (tertiary/aromatic N) is 2. The first-order chi connectivity index (χ1) is 14.0. The number of piperazine rings is 1. The Morgan fingerprint density at radius 2 is 1.55 bits per heavy atom. The fourth-order valence-corrected chi connectivity index (χ4v) is 3.50. The number of benzene rings is 2. The van der Waals surface area contributed by atoms with Gasteiger partial charge in [0.1, 0.15) is 11.8 Å². The molecular formula is C23H29N3O3. The molecule has 154 valence electrons. The van der Waals surface area contributed by atoms with Gasteiger partial charge in [-0.2, -0.15) is 0 Å². The summed E-state index contributed by atoms with van der Waals surface area (Å²) in [5, 5.41) is 2.93. The van der Waals surface area contributed by atoms with Gasteiger partial charge in [0.25, 0.3) is 5.91 Å². The molecule has 0 radical (unpaired) electrons. The third-order valence-electron chi connectivity index (χ3n) is 5.28. The van der Waals surface area contributed by atoms with Crippen LogP contribution in [-0.4, -0.2) is 56.0 Å². The number of hydrogen-bond donors (Lipinski definition) is 1. The molecular weight excluding hydrogens is 366 g/mol. The minimum absolute atomic E-state index is 0.00292. The van der Waals surface area contributed by atoms with Gasteiger partial charge in [-0.15, -0.1) is 0 Å². The molecule has 1 aliphatic heterocycles. The van der Waals surface area contributed by atoms with Gasteiger partial charge < -0.3 is 19.9 Å². The predicted molar refractivity (Wildman–Crippen MR) is 114 cm³/mol. The van der Waals surface area contributed by atoms with Crippen LogP contribution in [0.3, 0.4) is 0 Å². The van der Waals surface area contributed by atoms with Gasteiger partial charge in [0.2, 0.25) is 5.91 Å². The summed E-state index contributed by atoms with van der Waals surface area (Å²) in [6.07, 6.45) is 0. The van der Waals surface area contributed by atoms with Crippen molar-refractivity contribution < 1.29 is 14.3 Å². The van der Waals surface area contributed by atoms with Crippen molar-refractivity contribution in [3.63, 3.8) is 0 Å². The van der Waals surface area contributed by atoms with E-state index in [0.717, 1.165) is 13.1 Å². The number of methoxy groups -OCH3 is 1. The van der Waals surface area contributed by atoms with E-state index < -0.39 is 6.04 Å². The van der Waals surface area contributed by atoms with Crippen LogP contribution in [0.4, 0.5) is 5.69 Å². The van der Waals surface area contributed by atoms with Gasteiger partial charge >= 0.3 is 0 Å². The number of carbonyl (C=O) groups excluding carboxylic acids is 2. The highest BCUT2D eigenvalue weighted by atomic mass is 16.5. The number of amides is 2. The molecule has 0 bridgehead atoms. The van der Waals surface area contributed by atoms with Gasteiger partial charge in [-0.1, -0.05) is 32.0 Å². The Kier molecular flexibility index (Phi) is 6.75. The van der Waals surface area contributed by atoms with Crippen molar-refractivity contribution in [2.75, 3.05) is 38.2 Å². The zero-order valence-corrected chi connectivity index (χ0v) is 17.3. The smallest absolute Gasteiger partial charge is 0.251 e. The van der Waals surface area contributed by atoms with Crippen molar-refractivity contribution in [3.05, 3.63) is 60.2 Å². The largest absolute Gasteiger partial charge is 0.497 e. The highest BCUT2D eigenvalue weighted by molar-refractivity contribution is 5.97. The normalized spacial score (nSPS) is 15.2. The zero-order chi connectivity index (χ0) is 20.8. The number of nitrogens with one attached hydrogen (secondary N) is 1. The van der Waals surface area contributed by atoms with E-state index in [1.807, 2.05) is 36.9 Å². The molecule has 2 aromatic carbocycles. The lowest BCUT2D eigenvalue weighted by atomic mass is 10.0. The van der Waals surface area contributed by atoms with Crippen LogP contribution in [0.15, 0.2) is 54.6 Å². The Balaban J connectivity index is 1.61. The Morgan fingerprint density at radius 3 is 2.10 bits per heavy atom. The standard InChI is InChI=1S/C23H29N3O3/c1-17(2)21(24-22(27)18-9-11-20(29-3)12-10-18)23(28)26-15-13-25(14-16-26)19-7-5-4-6-8-19/h4-12,17,21H,13-16H2,1-3H3,(H,24,27)/t21-/m1/s1. The van der Waals surface area contributed by atoms with Crippen LogP contribution in [0, 0.1) is 5.92 Å². The summed E-state index contributed by atoms with van der Waals surface area (Å²) in [6.45, 7) is 6.78. The number of rotatable bonds is 6. The number of anilines is 1. The summed E-state index contributed by atoms with van der Waals surface area (Å²) in [4.78, 5) is 29.9. The first kappa shape index (κ1) is 20.7. The molecule has 3 rings (SSSR count). The highest BCUT2D eigenvalue weighted by Crippen LogP contribution is 2.17. The van der Waals surface area contributed by atoms with Crippen molar-refractivity contribution in [2.45, 2.75) is 19.9 Å². The van der Waals surface area contributed by atoms with Crippen LogP contribution in [0.5, 0.6) is 5.75 Å². The summed E-state index contributed by atoms with van der Waals surface area (Å²) in [5.74, 6) is 0.420. The molecule has 1 aliphatic rings. The average molecular weight is 396 g/mol. The number of carbonyl (C=O) groups is 2. The monoisotopic (exact) mass is 395 g/mol. The lowest BCUT2D eigenvalue weighted by Crippen LogP contribution is -2.56. The topological polar surface area (TPSA) is 61.9 Å². The summed E-state index contributed by atoms with van der Waals surface area (Å²) >= 11 is 0. The second-order valence-electron chi connectivity index (χ2n) is 7.57. The van der Waals surface area contributed by atoms with E-state index >= 15 is 0 Å². The van der Waals surface area contributed by atoms with E-state index in [-0.39, 0.29) is 17.7 Å². The lowest BCUT2D eigenvalue weighted by molar-refractivity contribution is -0.134. The summed E-state index contributed by atoms with van der Waals surface area (Å²) < 4.78 is 5.13. The minimum Gasteiger partial charge on any atom is -0.497 e. The molecule has 6 heteroatoms. The maximum absolute atomic E-state index is 13.1. The van der Waals surface area contributed by atoms with E-state index in [2.05, 4.69) is 22.3 Å². The van der Waals surface area contributed by atoms with Crippen molar-refractivity contribution in [1.82, 2.24) is 10.2 Å². The molecule has 1 N–H and O–H groups in total. The lowest BCUT2D eigenvalue weighted by Gasteiger charge is -2.38. The molecule has 1 heterocycles. The van der Waals surface area contributed by atoms with E-state index in [0.29, 0.717) is 24.4 Å². The van der Waals surface area contributed by atoms with Crippen LogP contribution in [-0.2, 0) is 4.79 Å². The van der Waals surface area contributed by atoms with Gasteiger partial charge in [0, 0.05) is 37.4 Å². The third kappa shape index (κ3) is 5.08. The zero-order valence-electron chi connectivity index (χ0n) is 17.3. The molecule has 6 nitrogen and oxygen atoms in total. The minimum atomic E-state index is -0.548. The second kappa shape index (κ2) is 9.45. The highest BCUT2D eigenvalue weighted by Gasteiger charge is 2.31. The van der Waals surface area contributed by atoms with Crippen LogP contribution < -0.4 is 15.0 Å². The molecule has 0 unspecified atom stereocenters. The van der Waals surface area contributed by atoms with Gasteiger partial charge in [-0.3, -0.25) is 9.59 Å². The number of ether oxygens (including phenoxy) is 1. The third-order valence-corrected chi connectivity index (χ3v) is 5.28. The fourth-order valence-electron chi connectivity index (χ4n) is 3.50. The summed E-state index contributed by atoms with van der Waals surface area (Å²) in [7, 11) is 1.58. The van der Waals surface area contributed by atoms with E-state index in [1.165, 1.54) is 5.69 Å². The Bertz CT molecular complexity index is 813. The maximum Gasteiger partial charge on any atom is 0.251 e. The van der Waals surface area contributed by atoms with Gasteiger partial charge in [-0.25, -0.2) is 0 Å². The SMILES string of the molecule is COc1ccc(C(=O)N[C@@H](C(=O)N2CCN(c3ccccc3)CC2)C(C)C)cc1. The van der Waals surface area contributed by atoms with Crippen molar-refractivity contribution >= 4 is 17.5 Å². The fraction of sp³-hybridized carbons (Fsp3) is 0.391. The first-order valence-electron chi connectivity index (χ1n) is 10.0. The number of para-hydroxylation sites is 1. The molecule has 2 aromatic rings.